The van der Waals surface area contributed by atoms with Crippen LogP contribution in [0.1, 0.15) is 57.4 Å². The Bertz CT molecular complexity index is 783. The molecule has 4 aliphatic carbocycles. The van der Waals surface area contributed by atoms with Crippen molar-refractivity contribution >= 4 is 0 Å². The lowest BCUT2D eigenvalue weighted by atomic mass is 9.50. The molecular formula is C27H36O3. The Hall–Kier alpha value is -1.16. The highest BCUT2D eigenvalue weighted by Gasteiger charge is 2.63. The second-order valence-corrected chi connectivity index (χ2v) is 10.8. The van der Waals surface area contributed by atoms with Crippen molar-refractivity contribution in [2.75, 3.05) is 13.2 Å². The van der Waals surface area contributed by atoms with Gasteiger partial charge in [0.15, 0.2) is 5.79 Å². The van der Waals surface area contributed by atoms with Crippen LogP contribution in [0.2, 0.25) is 0 Å². The van der Waals surface area contributed by atoms with Crippen LogP contribution in [0.25, 0.3) is 0 Å². The van der Waals surface area contributed by atoms with Crippen LogP contribution in [-0.4, -0.2) is 25.1 Å². The standard InChI is InChI=1S/C27H36O3/c1-26-13-11-23-22-10-8-21(28-18-19-5-3-2-4-6-19)17-20(22)7-9-24(23)25(26)12-14-27(26)29-15-16-30-27/h2-6,12,14,20-25H,7-11,13,15-18H2,1H3/t20-,21-,22+,23-,24-,25+,26+/m1/s1. The first kappa shape index (κ1) is 19.5. The quantitative estimate of drug-likeness (QED) is 0.597. The molecule has 0 amide bonds. The molecule has 1 saturated heterocycles. The highest BCUT2D eigenvalue weighted by Crippen LogP contribution is 2.64. The van der Waals surface area contributed by atoms with E-state index in [1.165, 1.54) is 50.5 Å². The lowest BCUT2D eigenvalue weighted by Crippen LogP contribution is -2.54. The van der Waals surface area contributed by atoms with E-state index in [0.717, 1.165) is 43.5 Å². The maximum absolute atomic E-state index is 6.36. The first-order valence-electron chi connectivity index (χ1n) is 12.3. The van der Waals surface area contributed by atoms with E-state index in [1.807, 2.05) is 0 Å². The van der Waals surface area contributed by atoms with Crippen molar-refractivity contribution in [2.24, 2.45) is 35.0 Å². The normalized spacial score (nSPS) is 43.9. The van der Waals surface area contributed by atoms with Crippen molar-refractivity contribution in [2.45, 2.75) is 70.4 Å². The number of benzene rings is 1. The summed E-state index contributed by atoms with van der Waals surface area (Å²) in [5.74, 6) is 3.67. The molecule has 4 fully saturated rings. The maximum atomic E-state index is 6.36. The molecule has 0 N–H and O–H groups in total. The molecule has 30 heavy (non-hydrogen) atoms. The van der Waals surface area contributed by atoms with Gasteiger partial charge in [-0.3, -0.25) is 0 Å². The second kappa shape index (κ2) is 7.46. The van der Waals surface area contributed by atoms with Gasteiger partial charge in [0, 0.05) is 5.41 Å². The summed E-state index contributed by atoms with van der Waals surface area (Å²) in [5, 5.41) is 0. The molecule has 0 bridgehead atoms. The minimum atomic E-state index is -0.428. The van der Waals surface area contributed by atoms with Crippen molar-refractivity contribution in [3.05, 3.63) is 48.0 Å². The van der Waals surface area contributed by atoms with E-state index in [4.69, 9.17) is 14.2 Å². The summed E-state index contributed by atoms with van der Waals surface area (Å²) in [7, 11) is 0. The zero-order valence-electron chi connectivity index (χ0n) is 18.3. The largest absolute Gasteiger partial charge is 0.374 e. The average molecular weight is 409 g/mol. The van der Waals surface area contributed by atoms with Crippen LogP contribution in [0.15, 0.2) is 42.5 Å². The molecule has 1 heterocycles. The summed E-state index contributed by atoms with van der Waals surface area (Å²) >= 11 is 0. The van der Waals surface area contributed by atoms with E-state index in [1.54, 1.807) is 0 Å². The van der Waals surface area contributed by atoms with Gasteiger partial charge in [-0.15, -0.1) is 0 Å². The number of rotatable bonds is 3. The van der Waals surface area contributed by atoms with E-state index >= 15 is 0 Å². The first-order chi connectivity index (χ1) is 14.7. The Morgan fingerprint density at radius 3 is 2.57 bits per heavy atom. The fourth-order valence-electron chi connectivity index (χ4n) is 8.03. The zero-order valence-corrected chi connectivity index (χ0v) is 18.3. The Balaban J connectivity index is 1.12. The van der Waals surface area contributed by atoms with Gasteiger partial charge in [-0.05, 0) is 86.2 Å². The molecule has 5 aliphatic rings. The van der Waals surface area contributed by atoms with Gasteiger partial charge in [0.05, 0.1) is 25.9 Å². The molecule has 7 atom stereocenters. The third kappa shape index (κ3) is 2.96. The van der Waals surface area contributed by atoms with E-state index in [-0.39, 0.29) is 5.41 Å². The molecule has 1 aromatic carbocycles. The van der Waals surface area contributed by atoms with Crippen LogP contribution < -0.4 is 0 Å². The predicted octanol–water partition coefficient (Wildman–Crippen LogP) is 5.74. The van der Waals surface area contributed by atoms with Crippen LogP contribution >= 0.6 is 0 Å². The average Bonchev–Trinajstić information content (AvgIpc) is 3.38. The molecule has 3 heteroatoms. The van der Waals surface area contributed by atoms with Crippen molar-refractivity contribution < 1.29 is 14.2 Å². The molecule has 3 saturated carbocycles. The van der Waals surface area contributed by atoms with Crippen molar-refractivity contribution in [1.82, 2.24) is 0 Å². The van der Waals surface area contributed by atoms with Crippen LogP contribution in [0.5, 0.6) is 0 Å². The van der Waals surface area contributed by atoms with Crippen LogP contribution in [0.4, 0.5) is 0 Å². The Morgan fingerprint density at radius 2 is 1.73 bits per heavy atom. The van der Waals surface area contributed by atoms with Gasteiger partial charge >= 0.3 is 0 Å². The van der Waals surface area contributed by atoms with Gasteiger partial charge < -0.3 is 14.2 Å². The summed E-state index contributed by atoms with van der Waals surface area (Å²) in [6, 6.07) is 10.6. The third-order valence-electron chi connectivity index (χ3n) is 9.52. The van der Waals surface area contributed by atoms with Crippen LogP contribution in [0.3, 0.4) is 0 Å². The van der Waals surface area contributed by atoms with Gasteiger partial charge in [0.2, 0.25) is 0 Å². The molecule has 0 radical (unpaired) electrons. The van der Waals surface area contributed by atoms with Gasteiger partial charge in [0.25, 0.3) is 0 Å². The minimum Gasteiger partial charge on any atom is -0.374 e. The van der Waals surface area contributed by atoms with Gasteiger partial charge in [-0.1, -0.05) is 43.3 Å². The summed E-state index contributed by atoms with van der Waals surface area (Å²) in [4.78, 5) is 0. The second-order valence-electron chi connectivity index (χ2n) is 10.8. The number of ether oxygens (including phenoxy) is 3. The topological polar surface area (TPSA) is 27.7 Å². The lowest BCUT2D eigenvalue weighted by molar-refractivity contribution is -0.224. The molecule has 1 aliphatic heterocycles. The maximum Gasteiger partial charge on any atom is 0.193 e. The summed E-state index contributed by atoms with van der Waals surface area (Å²) in [6.45, 7) is 4.70. The van der Waals surface area contributed by atoms with E-state index in [2.05, 4.69) is 49.4 Å². The Morgan fingerprint density at radius 1 is 0.933 bits per heavy atom. The fraction of sp³-hybridized carbons (Fsp3) is 0.704. The van der Waals surface area contributed by atoms with E-state index in [0.29, 0.717) is 12.0 Å². The third-order valence-corrected chi connectivity index (χ3v) is 9.52. The molecule has 6 rings (SSSR count). The fourth-order valence-corrected chi connectivity index (χ4v) is 8.03. The SMILES string of the molecule is C[C@]12CC[C@H]3[C@@H](CC[C@@H]4C[C@H](OCc5ccccc5)CC[C@@H]43)[C@@H]1C=CC21OCCO1. The van der Waals surface area contributed by atoms with Crippen molar-refractivity contribution in [1.29, 1.82) is 0 Å². The monoisotopic (exact) mass is 408 g/mol. The molecule has 1 spiro atoms. The first-order valence-corrected chi connectivity index (χ1v) is 12.3. The van der Waals surface area contributed by atoms with Crippen LogP contribution in [-0.2, 0) is 20.8 Å². The highest BCUT2D eigenvalue weighted by atomic mass is 16.7. The highest BCUT2D eigenvalue weighted by molar-refractivity contribution is 5.24. The lowest BCUT2D eigenvalue weighted by Gasteiger charge is -2.57. The predicted molar refractivity (Wildman–Crippen MR) is 117 cm³/mol. The van der Waals surface area contributed by atoms with Gasteiger partial charge in [-0.25, -0.2) is 0 Å². The number of hydrogen-bond donors (Lipinski definition) is 0. The molecule has 0 aromatic heterocycles. The number of hydrogen-bond acceptors (Lipinski definition) is 3. The van der Waals surface area contributed by atoms with E-state index in [9.17, 15) is 0 Å². The van der Waals surface area contributed by atoms with Crippen molar-refractivity contribution in [3.8, 4) is 0 Å². The minimum absolute atomic E-state index is 0.132. The summed E-state index contributed by atoms with van der Waals surface area (Å²) < 4.78 is 18.8. The molecule has 1 aromatic rings. The van der Waals surface area contributed by atoms with Gasteiger partial charge in [-0.2, -0.15) is 0 Å². The summed E-state index contributed by atoms with van der Waals surface area (Å²) in [5.41, 5.74) is 1.43. The molecule has 0 unspecified atom stereocenters. The smallest absolute Gasteiger partial charge is 0.193 e. The number of fused-ring (bicyclic) bond motifs is 6. The molecular weight excluding hydrogens is 372 g/mol. The molecule has 3 nitrogen and oxygen atoms in total. The zero-order chi connectivity index (χ0) is 20.2. The Kier molecular flexibility index (Phi) is 4.86. The van der Waals surface area contributed by atoms with Crippen LogP contribution in [0, 0.1) is 35.0 Å². The van der Waals surface area contributed by atoms with E-state index < -0.39 is 5.79 Å². The molecule has 162 valence electrons. The number of allylic oxidation sites excluding steroid dienone is 1. The summed E-state index contributed by atoms with van der Waals surface area (Å²) in [6.07, 6.45) is 14.4. The van der Waals surface area contributed by atoms with Crippen molar-refractivity contribution in [3.63, 3.8) is 0 Å². The van der Waals surface area contributed by atoms with Gasteiger partial charge in [0.1, 0.15) is 0 Å². The Labute approximate surface area is 181 Å².